The number of rotatable bonds is 1. The molecule has 0 radical (unpaired) electrons. The predicted octanol–water partition coefficient (Wildman–Crippen LogP) is 3.96. The molecule has 0 fully saturated rings. The molecule has 0 bridgehead atoms. The second kappa shape index (κ2) is 3.48. The Bertz CT molecular complexity index is 584. The highest BCUT2D eigenvalue weighted by molar-refractivity contribution is 7.08. The van der Waals surface area contributed by atoms with E-state index >= 15 is 0 Å². The molecule has 0 aliphatic rings. The predicted molar refractivity (Wildman–Crippen MR) is 65.1 cm³/mol. The van der Waals surface area contributed by atoms with Crippen LogP contribution in [0.2, 0.25) is 0 Å². The van der Waals surface area contributed by atoms with Gasteiger partial charge >= 0.3 is 0 Å². The largest absolute Gasteiger partial charge is 0.256 e. The molecule has 0 saturated heterocycles. The van der Waals surface area contributed by atoms with Crippen LogP contribution in [0.5, 0.6) is 0 Å². The number of thiophene rings is 1. The van der Waals surface area contributed by atoms with Gasteiger partial charge in [-0.3, -0.25) is 4.98 Å². The van der Waals surface area contributed by atoms with E-state index in [4.69, 9.17) is 0 Å². The third-order valence-corrected chi connectivity index (χ3v) is 3.13. The lowest BCUT2D eigenvalue weighted by Gasteiger charge is -2.00. The number of para-hydroxylation sites is 1. The molecule has 2 heteroatoms. The summed E-state index contributed by atoms with van der Waals surface area (Å²) in [5.74, 6) is 0. The fourth-order valence-electron chi connectivity index (χ4n) is 1.66. The molecule has 0 aliphatic carbocycles. The average molecular weight is 211 g/mol. The van der Waals surface area contributed by atoms with Crippen molar-refractivity contribution in [3.8, 4) is 11.1 Å². The molecule has 1 aromatic carbocycles. The van der Waals surface area contributed by atoms with Crippen LogP contribution >= 0.6 is 11.3 Å². The first kappa shape index (κ1) is 8.62. The van der Waals surface area contributed by atoms with Crippen LogP contribution in [0.15, 0.2) is 53.4 Å². The Morgan fingerprint density at radius 2 is 1.93 bits per heavy atom. The molecule has 0 aliphatic heterocycles. The zero-order chi connectivity index (χ0) is 10.1. The van der Waals surface area contributed by atoms with Gasteiger partial charge in [0.1, 0.15) is 0 Å². The standard InChI is InChI=1S/C13H9NS/c1-2-4-13-10(3-1)7-12(8-14-13)11-5-6-15-9-11/h1-9H. The van der Waals surface area contributed by atoms with E-state index in [1.165, 1.54) is 16.5 Å². The maximum absolute atomic E-state index is 4.44. The van der Waals surface area contributed by atoms with Crippen molar-refractivity contribution in [2.45, 2.75) is 0 Å². The Morgan fingerprint density at radius 1 is 1.00 bits per heavy atom. The fraction of sp³-hybridized carbons (Fsp3) is 0. The molecule has 0 spiro atoms. The van der Waals surface area contributed by atoms with Crippen LogP contribution in [0.4, 0.5) is 0 Å². The topological polar surface area (TPSA) is 12.9 Å². The SMILES string of the molecule is c1ccc2ncc(-c3ccsc3)cc2c1. The van der Waals surface area contributed by atoms with E-state index in [0.29, 0.717) is 0 Å². The van der Waals surface area contributed by atoms with Gasteiger partial charge in [0.05, 0.1) is 5.52 Å². The molecule has 1 nitrogen and oxygen atoms in total. The van der Waals surface area contributed by atoms with Gasteiger partial charge in [-0.2, -0.15) is 11.3 Å². The fourth-order valence-corrected chi connectivity index (χ4v) is 2.32. The molecule has 0 amide bonds. The molecule has 3 rings (SSSR count). The van der Waals surface area contributed by atoms with Crippen LogP contribution in [0.25, 0.3) is 22.0 Å². The number of fused-ring (bicyclic) bond motifs is 1. The van der Waals surface area contributed by atoms with Gasteiger partial charge in [-0.1, -0.05) is 18.2 Å². The van der Waals surface area contributed by atoms with Gasteiger partial charge < -0.3 is 0 Å². The molecule has 2 heterocycles. The van der Waals surface area contributed by atoms with Gasteiger partial charge in [0.2, 0.25) is 0 Å². The second-order valence-corrected chi connectivity index (χ2v) is 4.21. The normalized spacial score (nSPS) is 10.7. The third kappa shape index (κ3) is 1.53. The van der Waals surface area contributed by atoms with E-state index in [-0.39, 0.29) is 0 Å². The quantitative estimate of drug-likeness (QED) is 0.593. The van der Waals surface area contributed by atoms with E-state index < -0.39 is 0 Å². The molecular formula is C13H9NS. The summed E-state index contributed by atoms with van der Waals surface area (Å²) >= 11 is 1.71. The molecular weight excluding hydrogens is 202 g/mol. The summed E-state index contributed by atoms with van der Waals surface area (Å²) in [4.78, 5) is 4.44. The smallest absolute Gasteiger partial charge is 0.0702 e. The molecule has 0 atom stereocenters. The summed E-state index contributed by atoms with van der Waals surface area (Å²) in [7, 11) is 0. The van der Waals surface area contributed by atoms with Crippen molar-refractivity contribution in [1.29, 1.82) is 0 Å². The van der Waals surface area contributed by atoms with Crippen molar-refractivity contribution >= 4 is 22.2 Å². The highest BCUT2D eigenvalue weighted by Crippen LogP contribution is 2.24. The Morgan fingerprint density at radius 3 is 2.80 bits per heavy atom. The van der Waals surface area contributed by atoms with Crippen LogP contribution in [0.3, 0.4) is 0 Å². The molecule has 0 N–H and O–H groups in total. The van der Waals surface area contributed by atoms with Crippen LogP contribution in [-0.4, -0.2) is 4.98 Å². The monoisotopic (exact) mass is 211 g/mol. The summed E-state index contributed by atoms with van der Waals surface area (Å²) in [5, 5.41) is 5.43. The maximum Gasteiger partial charge on any atom is 0.0702 e. The first-order valence-electron chi connectivity index (χ1n) is 4.81. The van der Waals surface area contributed by atoms with Gasteiger partial charge in [0.25, 0.3) is 0 Å². The first-order valence-corrected chi connectivity index (χ1v) is 5.75. The van der Waals surface area contributed by atoms with E-state index in [2.05, 4.69) is 33.9 Å². The Balaban J connectivity index is 2.22. The van der Waals surface area contributed by atoms with E-state index in [9.17, 15) is 0 Å². The minimum absolute atomic E-state index is 1.05. The van der Waals surface area contributed by atoms with Crippen LogP contribution in [0.1, 0.15) is 0 Å². The summed E-state index contributed by atoms with van der Waals surface area (Å²) in [5.41, 5.74) is 3.49. The van der Waals surface area contributed by atoms with E-state index in [0.717, 1.165) is 5.52 Å². The lowest BCUT2D eigenvalue weighted by molar-refractivity contribution is 1.41. The molecule has 72 valence electrons. The molecule has 15 heavy (non-hydrogen) atoms. The average Bonchev–Trinajstić information content (AvgIpc) is 2.82. The summed E-state index contributed by atoms with van der Waals surface area (Å²) in [6.45, 7) is 0. The van der Waals surface area contributed by atoms with E-state index in [1.807, 2.05) is 24.4 Å². The first-order chi connectivity index (χ1) is 7.43. The van der Waals surface area contributed by atoms with E-state index in [1.54, 1.807) is 11.3 Å². The minimum atomic E-state index is 1.05. The second-order valence-electron chi connectivity index (χ2n) is 3.43. The Labute approximate surface area is 92.0 Å². The highest BCUT2D eigenvalue weighted by Gasteiger charge is 1.99. The number of aromatic nitrogens is 1. The number of pyridine rings is 1. The molecule has 2 aromatic heterocycles. The number of hydrogen-bond donors (Lipinski definition) is 0. The van der Waals surface area contributed by atoms with Crippen LogP contribution in [-0.2, 0) is 0 Å². The Kier molecular flexibility index (Phi) is 2.00. The summed E-state index contributed by atoms with van der Waals surface area (Å²) in [6, 6.07) is 12.5. The molecule has 0 saturated carbocycles. The van der Waals surface area contributed by atoms with Crippen LogP contribution < -0.4 is 0 Å². The molecule has 3 aromatic rings. The minimum Gasteiger partial charge on any atom is -0.256 e. The van der Waals surface area contributed by atoms with Gasteiger partial charge in [0.15, 0.2) is 0 Å². The zero-order valence-electron chi connectivity index (χ0n) is 8.05. The van der Waals surface area contributed by atoms with Crippen molar-refractivity contribution < 1.29 is 0 Å². The Hall–Kier alpha value is -1.67. The number of nitrogens with zero attached hydrogens (tertiary/aromatic N) is 1. The van der Waals surface area contributed by atoms with Crippen molar-refractivity contribution in [2.75, 3.05) is 0 Å². The number of hydrogen-bond acceptors (Lipinski definition) is 2. The van der Waals surface area contributed by atoms with Gasteiger partial charge in [-0.15, -0.1) is 0 Å². The van der Waals surface area contributed by atoms with Gasteiger partial charge in [-0.25, -0.2) is 0 Å². The number of benzene rings is 1. The van der Waals surface area contributed by atoms with Crippen molar-refractivity contribution in [3.63, 3.8) is 0 Å². The third-order valence-electron chi connectivity index (χ3n) is 2.44. The summed E-state index contributed by atoms with van der Waals surface area (Å²) in [6.07, 6.45) is 1.93. The van der Waals surface area contributed by atoms with Gasteiger partial charge in [0, 0.05) is 17.1 Å². The lowest BCUT2D eigenvalue weighted by Crippen LogP contribution is -1.80. The van der Waals surface area contributed by atoms with Crippen LogP contribution in [0, 0.1) is 0 Å². The van der Waals surface area contributed by atoms with Gasteiger partial charge in [-0.05, 0) is 34.5 Å². The van der Waals surface area contributed by atoms with Crippen molar-refractivity contribution in [1.82, 2.24) is 4.98 Å². The lowest BCUT2D eigenvalue weighted by atomic mass is 10.1. The maximum atomic E-state index is 4.44. The summed E-state index contributed by atoms with van der Waals surface area (Å²) < 4.78 is 0. The highest BCUT2D eigenvalue weighted by atomic mass is 32.1. The molecule has 0 unspecified atom stereocenters. The zero-order valence-corrected chi connectivity index (χ0v) is 8.87. The van der Waals surface area contributed by atoms with Crippen molar-refractivity contribution in [2.24, 2.45) is 0 Å². The van der Waals surface area contributed by atoms with Crippen molar-refractivity contribution in [3.05, 3.63) is 53.4 Å².